The van der Waals surface area contributed by atoms with E-state index in [4.69, 9.17) is 0 Å². The maximum Gasteiger partial charge on any atom is 0.0181 e. The van der Waals surface area contributed by atoms with Gasteiger partial charge in [-0.15, -0.1) is 0 Å². The van der Waals surface area contributed by atoms with Gasteiger partial charge < -0.3 is 0 Å². The van der Waals surface area contributed by atoms with Crippen molar-refractivity contribution in [3.05, 3.63) is 58.1 Å². The van der Waals surface area contributed by atoms with Gasteiger partial charge in [-0.05, 0) is 58.1 Å². The average molecular weight is 299 g/mol. The molecule has 0 amide bonds. The molecular weight excluding hydrogens is 284 g/mol. The van der Waals surface area contributed by atoms with Gasteiger partial charge in [0.1, 0.15) is 0 Å². The van der Waals surface area contributed by atoms with Gasteiger partial charge in [0, 0.05) is 4.47 Å². The summed E-state index contributed by atoms with van der Waals surface area (Å²) in [4.78, 5) is 0. The van der Waals surface area contributed by atoms with E-state index in [-0.39, 0.29) is 0 Å². The summed E-state index contributed by atoms with van der Waals surface area (Å²) in [7, 11) is 0. The van der Waals surface area contributed by atoms with Crippen LogP contribution in [0.3, 0.4) is 0 Å². The van der Waals surface area contributed by atoms with E-state index in [2.05, 4.69) is 72.2 Å². The molecule has 0 heterocycles. The number of rotatable bonds is 1. The summed E-state index contributed by atoms with van der Waals surface area (Å²) in [5.74, 6) is 0. The fraction of sp³-hybridized carbons (Fsp3) is 0.176. The largest absolute Gasteiger partial charge is 0.0616 e. The predicted molar refractivity (Wildman–Crippen MR) is 83.3 cm³/mol. The monoisotopic (exact) mass is 298 g/mol. The third-order valence-corrected chi connectivity index (χ3v) is 4.23. The molecule has 1 heteroatoms. The molecule has 18 heavy (non-hydrogen) atoms. The van der Waals surface area contributed by atoms with Crippen LogP contribution < -0.4 is 0 Å². The van der Waals surface area contributed by atoms with Gasteiger partial charge in [-0.1, -0.05) is 53.2 Å². The van der Waals surface area contributed by atoms with E-state index in [0.29, 0.717) is 0 Å². The highest BCUT2D eigenvalue weighted by Crippen LogP contribution is 2.34. The highest BCUT2D eigenvalue weighted by Gasteiger charge is 2.09. The predicted octanol–water partition coefficient (Wildman–Crippen LogP) is 5.63. The Bertz CT molecular complexity index is 741. The molecule has 0 saturated carbocycles. The highest BCUT2D eigenvalue weighted by molar-refractivity contribution is 9.10. The van der Waals surface area contributed by atoms with E-state index in [0.717, 1.165) is 10.9 Å². The zero-order valence-corrected chi connectivity index (χ0v) is 12.2. The SMILES string of the molecule is CCc1c(C)c2ccccc2c2ccc(Br)cc12. The summed E-state index contributed by atoms with van der Waals surface area (Å²) in [5, 5.41) is 5.47. The van der Waals surface area contributed by atoms with Crippen LogP contribution in [0.1, 0.15) is 18.1 Å². The summed E-state index contributed by atoms with van der Waals surface area (Å²) in [6.07, 6.45) is 1.07. The van der Waals surface area contributed by atoms with E-state index in [1.807, 2.05) is 0 Å². The second-order valence-electron chi connectivity index (χ2n) is 4.69. The third-order valence-electron chi connectivity index (χ3n) is 3.73. The summed E-state index contributed by atoms with van der Waals surface area (Å²) in [6, 6.07) is 15.3. The van der Waals surface area contributed by atoms with Crippen molar-refractivity contribution in [2.24, 2.45) is 0 Å². The van der Waals surface area contributed by atoms with Crippen molar-refractivity contribution < 1.29 is 0 Å². The van der Waals surface area contributed by atoms with Crippen LogP contribution in [0, 0.1) is 6.92 Å². The first kappa shape index (κ1) is 11.7. The topological polar surface area (TPSA) is 0 Å². The Morgan fingerprint density at radius 3 is 2.28 bits per heavy atom. The van der Waals surface area contributed by atoms with Crippen LogP contribution in [-0.4, -0.2) is 0 Å². The Labute approximate surface area is 116 Å². The number of hydrogen-bond acceptors (Lipinski definition) is 0. The Balaban J connectivity index is 2.62. The van der Waals surface area contributed by atoms with Crippen molar-refractivity contribution in [1.82, 2.24) is 0 Å². The molecule has 0 aliphatic rings. The molecule has 0 radical (unpaired) electrons. The van der Waals surface area contributed by atoms with E-state index in [1.54, 1.807) is 0 Å². The first-order valence-electron chi connectivity index (χ1n) is 6.32. The van der Waals surface area contributed by atoms with Crippen LogP contribution in [0.4, 0.5) is 0 Å². The van der Waals surface area contributed by atoms with Gasteiger partial charge in [0.15, 0.2) is 0 Å². The van der Waals surface area contributed by atoms with Crippen LogP contribution >= 0.6 is 15.9 Å². The molecule has 0 spiro atoms. The van der Waals surface area contributed by atoms with Crippen molar-refractivity contribution in [2.75, 3.05) is 0 Å². The number of benzene rings is 3. The molecule has 0 aliphatic carbocycles. The maximum absolute atomic E-state index is 3.58. The number of aryl methyl sites for hydroxylation is 2. The highest BCUT2D eigenvalue weighted by atomic mass is 79.9. The van der Waals surface area contributed by atoms with Crippen LogP contribution in [0.2, 0.25) is 0 Å². The first-order chi connectivity index (χ1) is 8.72. The van der Waals surface area contributed by atoms with Crippen LogP contribution in [0.25, 0.3) is 21.5 Å². The van der Waals surface area contributed by atoms with Crippen LogP contribution in [0.5, 0.6) is 0 Å². The molecule has 90 valence electrons. The van der Waals surface area contributed by atoms with E-state index < -0.39 is 0 Å². The molecule has 0 aliphatic heterocycles. The second kappa shape index (κ2) is 4.40. The Kier molecular flexibility index (Phi) is 2.87. The fourth-order valence-electron chi connectivity index (χ4n) is 2.87. The van der Waals surface area contributed by atoms with Gasteiger partial charge in [-0.3, -0.25) is 0 Å². The van der Waals surface area contributed by atoms with Gasteiger partial charge in [0.2, 0.25) is 0 Å². The van der Waals surface area contributed by atoms with Crippen LogP contribution in [0.15, 0.2) is 46.9 Å². The normalized spacial score (nSPS) is 11.3. The third kappa shape index (κ3) is 1.65. The minimum atomic E-state index is 1.07. The fourth-order valence-corrected chi connectivity index (χ4v) is 3.23. The van der Waals surface area contributed by atoms with Gasteiger partial charge in [-0.25, -0.2) is 0 Å². The summed E-state index contributed by atoms with van der Waals surface area (Å²) in [5.41, 5.74) is 2.88. The Hall–Kier alpha value is -1.34. The minimum absolute atomic E-state index is 1.07. The second-order valence-corrected chi connectivity index (χ2v) is 5.61. The van der Waals surface area contributed by atoms with Crippen molar-refractivity contribution in [3.8, 4) is 0 Å². The molecule has 3 rings (SSSR count). The zero-order valence-electron chi connectivity index (χ0n) is 10.6. The molecule has 0 aromatic heterocycles. The smallest absolute Gasteiger partial charge is 0.0181 e. The van der Waals surface area contributed by atoms with Gasteiger partial charge in [0.25, 0.3) is 0 Å². The average Bonchev–Trinajstić information content (AvgIpc) is 2.39. The Morgan fingerprint density at radius 2 is 1.56 bits per heavy atom. The molecule has 0 saturated heterocycles. The lowest BCUT2D eigenvalue weighted by atomic mass is 9.91. The zero-order chi connectivity index (χ0) is 12.7. The van der Waals surface area contributed by atoms with Crippen molar-refractivity contribution in [2.45, 2.75) is 20.3 Å². The molecule has 0 nitrogen and oxygen atoms in total. The number of hydrogen-bond donors (Lipinski definition) is 0. The van der Waals surface area contributed by atoms with Crippen LogP contribution in [-0.2, 0) is 6.42 Å². The van der Waals surface area contributed by atoms with Crippen molar-refractivity contribution in [3.63, 3.8) is 0 Å². The van der Waals surface area contributed by atoms with Gasteiger partial charge in [-0.2, -0.15) is 0 Å². The van der Waals surface area contributed by atoms with E-state index in [9.17, 15) is 0 Å². The molecule has 0 bridgehead atoms. The summed E-state index contributed by atoms with van der Waals surface area (Å²) in [6.45, 7) is 4.47. The number of fused-ring (bicyclic) bond motifs is 3. The molecule has 3 aromatic carbocycles. The first-order valence-corrected chi connectivity index (χ1v) is 7.11. The molecule has 0 N–H and O–H groups in total. The molecule has 0 fully saturated rings. The summed E-state index contributed by atoms with van der Waals surface area (Å²) < 4.78 is 1.15. The molecule has 0 atom stereocenters. The lowest BCUT2D eigenvalue weighted by molar-refractivity contribution is 1.14. The van der Waals surface area contributed by atoms with Crippen molar-refractivity contribution >= 4 is 37.5 Å². The standard InChI is InChI=1S/C17H15Br/c1-3-13-11(2)14-6-4-5-7-15(14)16-9-8-12(18)10-17(13)16/h4-10H,3H2,1-2H3. The lowest BCUT2D eigenvalue weighted by Gasteiger charge is -2.14. The Morgan fingerprint density at radius 1 is 0.889 bits per heavy atom. The van der Waals surface area contributed by atoms with Crippen molar-refractivity contribution in [1.29, 1.82) is 0 Å². The lowest BCUT2D eigenvalue weighted by Crippen LogP contribution is -1.92. The quantitative estimate of drug-likeness (QED) is 0.511. The van der Waals surface area contributed by atoms with Gasteiger partial charge in [0.05, 0.1) is 0 Å². The van der Waals surface area contributed by atoms with Gasteiger partial charge >= 0.3 is 0 Å². The summed E-state index contributed by atoms with van der Waals surface area (Å²) >= 11 is 3.58. The minimum Gasteiger partial charge on any atom is -0.0616 e. The molecule has 3 aromatic rings. The number of halogens is 1. The maximum atomic E-state index is 3.58. The van der Waals surface area contributed by atoms with E-state index in [1.165, 1.54) is 32.7 Å². The molecule has 0 unspecified atom stereocenters. The molecular formula is C17H15Br. The van der Waals surface area contributed by atoms with E-state index >= 15 is 0 Å².